The Hall–Kier alpha value is -4.75. The van der Waals surface area contributed by atoms with Gasteiger partial charge in [0.1, 0.15) is 5.65 Å². The molecule has 0 spiro atoms. The SMILES string of the molecule is Cc1nc2c(c(C)c1CCC(=O)O)c1ccccc1n2Cc1ccc(C(C(=O)N2CC=C(c3ccccc3)CC2)C2CCOCC2)cc1. The predicted octanol–water partition coefficient (Wildman–Crippen LogP) is 7.70. The van der Waals surface area contributed by atoms with Gasteiger partial charge in [-0.05, 0) is 84.9 Å². The van der Waals surface area contributed by atoms with Crippen LogP contribution in [0.25, 0.3) is 27.5 Å². The van der Waals surface area contributed by atoms with Crippen molar-refractivity contribution in [2.45, 2.75) is 58.4 Å². The van der Waals surface area contributed by atoms with E-state index in [0.29, 0.717) is 32.7 Å². The number of hydrogen-bond donors (Lipinski definition) is 1. The molecule has 1 atom stereocenters. The van der Waals surface area contributed by atoms with E-state index in [-0.39, 0.29) is 24.2 Å². The van der Waals surface area contributed by atoms with Crippen LogP contribution < -0.4 is 0 Å². The number of aromatic nitrogens is 2. The second-order valence-electron chi connectivity index (χ2n) is 13.3. The molecule has 2 aromatic heterocycles. The average Bonchev–Trinajstić information content (AvgIpc) is 3.42. The van der Waals surface area contributed by atoms with Crippen LogP contribution in [0.4, 0.5) is 0 Å². The highest BCUT2D eigenvalue weighted by Gasteiger charge is 2.34. The number of carboxylic acid groups (broad SMARTS) is 1. The number of rotatable bonds is 9. The van der Waals surface area contributed by atoms with Crippen molar-refractivity contribution in [3.63, 3.8) is 0 Å². The molecular weight excluding hydrogens is 598 g/mol. The van der Waals surface area contributed by atoms with E-state index in [1.807, 2.05) is 24.0 Å². The first-order chi connectivity index (χ1) is 23.4. The number of hydrogen-bond acceptors (Lipinski definition) is 4. The fourth-order valence-electron chi connectivity index (χ4n) is 7.84. The molecule has 4 heterocycles. The third kappa shape index (κ3) is 6.27. The predicted molar refractivity (Wildman–Crippen MR) is 190 cm³/mol. The molecule has 1 unspecified atom stereocenters. The van der Waals surface area contributed by atoms with Crippen LogP contribution in [0, 0.1) is 19.8 Å². The lowest BCUT2D eigenvalue weighted by atomic mass is 9.80. The zero-order valence-electron chi connectivity index (χ0n) is 27.8. The van der Waals surface area contributed by atoms with Crippen LogP contribution in [0.15, 0.2) is 84.9 Å². The molecule has 0 bridgehead atoms. The minimum atomic E-state index is -0.800. The lowest BCUT2D eigenvalue weighted by Crippen LogP contribution is -2.41. The van der Waals surface area contributed by atoms with Crippen molar-refractivity contribution in [2.75, 3.05) is 26.3 Å². The smallest absolute Gasteiger partial charge is 0.303 e. The Kier molecular flexibility index (Phi) is 9.13. The maximum Gasteiger partial charge on any atom is 0.303 e. The Balaban J connectivity index is 1.18. The quantitative estimate of drug-likeness (QED) is 0.178. The molecule has 246 valence electrons. The maximum absolute atomic E-state index is 14.3. The number of pyridine rings is 1. The number of amides is 1. The fourth-order valence-corrected chi connectivity index (χ4v) is 7.84. The van der Waals surface area contributed by atoms with Gasteiger partial charge in [0.25, 0.3) is 0 Å². The van der Waals surface area contributed by atoms with Crippen LogP contribution in [-0.4, -0.2) is 57.7 Å². The number of carbonyl (C=O) groups is 2. The first-order valence-electron chi connectivity index (χ1n) is 17.2. The summed E-state index contributed by atoms with van der Waals surface area (Å²) in [6.45, 7) is 7.47. The standard InChI is InChI=1S/C41H43N3O4/c1-27-34(16-17-37(45)46)28(2)42-40-38(27)35-10-6-7-11-36(35)44(40)26-29-12-14-32(15-13-29)39(33-20-24-48-25-21-33)41(47)43-22-18-31(19-23-43)30-8-4-3-5-9-30/h3-15,18,33,39H,16-17,19-26H2,1-2H3,(H,45,46). The zero-order valence-corrected chi connectivity index (χ0v) is 27.8. The summed E-state index contributed by atoms with van der Waals surface area (Å²) in [7, 11) is 0. The third-order valence-electron chi connectivity index (χ3n) is 10.4. The molecular formula is C41H43N3O4. The van der Waals surface area contributed by atoms with Crippen LogP contribution in [0.2, 0.25) is 0 Å². The normalized spacial score (nSPS) is 16.3. The van der Waals surface area contributed by atoms with Crippen LogP contribution in [0.5, 0.6) is 0 Å². The Morgan fingerprint density at radius 3 is 2.40 bits per heavy atom. The monoisotopic (exact) mass is 641 g/mol. The van der Waals surface area contributed by atoms with Gasteiger partial charge in [-0.3, -0.25) is 9.59 Å². The highest BCUT2D eigenvalue weighted by Crippen LogP contribution is 2.37. The summed E-state index contributed by atoms with van der Waals surface area (Å²) in [4.78, 5) is 32.7. The summed E-state index contributed by atoms with van der Waals surface area (Å²) in [6, 6.07) is 27.5. The molecule has 0 saturated carbocycles. The number of para-hydroxylation sites is 1. The van der Waals surface area contributed by atoms with E-state index >= 15 is 0 Å². The highest BCUT2D eigenvalue weighted by atomic mass is 16.5. The highest BCUT2D eigenvalue weighted by molar-refractivity contribution is 6.08. The fraction of sp³-hybridized carbons (Fsp3) is 0.341. The van der Waals surface area contributed by atoms with Crippen molar-refractivity contribution in [2.24, 2.45) is 5.92 Å². The Bertz CT molecular complexity index is 1990. The molecule has 3 aromatic carbocycles. The molecule has 2 aliphatic heterocycles. The molecule has 7 rings (SSSR count). The average molecular weight is 642 g/mol. The van der Waals surface area contributed by atoms with Gasteiger partial charge in [-0.2, -0.15) is 0 Å². The largest absolute Gasteiger partial charge is 0.481 e. The van der Waals surface area contributed by atoms with Gasteiger partial charge in [0, 0.05) is 55.7 Å². The van der Waals surface area contributed by atoms with E-state index in [0.717, 1.165) is 75.7 Å². The minimum Gasteiger partial charge on any atom is -0.481 e. The first kappa shape index (κ1) is 31.8. The van der Waals surface area contributed by atoms with Crippen LogP contribution in [0.3, 0.4) is 0 Å². The summed E-state index contributed by atoms with van der Waals surface area (Å²) in [6.07, 6.45) is 5.40. The van der Waals surface area contributed by atoms with Gasteiger partial charge in [0.2, 0.25) is 5.91 Å². The summed E-state index contributed by atoms with van der Waals surface area (Å²) >= 11 is 0. The van der Waals surface area contributed by atoms with Crippen molar-refractivity contribution in [3.05, 3.63) is 118 Å². The van der Waals surface area contributed by atoms with Gasteiger partial charge in [-0.1, -0.05) is 78.9 Å². The number of nitrogens with zero attached hydrogens (tertiary/aromatic N) is 3. The van der Waals surface area contributed by atoms with Crippen LogP contribution in [-0.2, 0) is 27.3 Å². The number of ether oxygens (including phenoxy) is 1. The summed E-state index contributed by atoms with van der Waals surface area (Å²) in [5.41, 5.74) is 9.77. The van der Waals surface area contributed by atoms with Crippen LogP contribution >= 0.6 is 0 Å². The van der Waals surface area contributed by atoms with E-state index in [9.17, 15) is 14.7 Å². The van der Waals surface area contributed by atoms with Gasteiger partial charge < -0.3 is 19.3 Å². The zero-order chi connectivity index (χ0) is 33.2. The molecule has 7 heteroatoms. The Labute approximate surface area is 281 Å². The molecule has 0 radical (unpaired) electrons. The van der Waals surface area contributed by atoms with Gasteiger partial charge in [0.05, 0.1) is 11.4 Å². The van der Waals surface area contributed by atoms with Crippen LogP contribution in [0.1, 0.15) is 65.1 Å². The summed E-state index contributed by atoms with van der Waals surface area (Å²) in [5.74, 6) is -0.529. The lowest BCUT2D eigenvalue weighted by Gasteiger charge is -2.35. The van der Waals surface area contributed by atoms with Gasteiger partial charge in [0.15, 0.2) is 0 Å². The van der Waals surface area contributed by atoms with E-state index in [4.69, 9.17) is 9.72 Å². The van der Waals surface area contributed by atoms with Crippen molar-refractivity contribution in [3.8, 4) is 0 Å². The number of benzene rings is 3. The lowest BCUT2D eigenvalue weighted by molar-refractivity contribution is -0.137. The molecule has 1 fully saturated rings. The van der Waals surface area contributed by atoms with E-state index in [1.165, 1.54) is 11.1 Å². The van der Waals surface area contributed by atoms with E-state index in [2.05, 4.69) is 84.3 Å². The topological polar surface area (TPSA) is 84.7 Å². The van der Waals surface area contributed by atoms with Crippen molar-refractivity contribution in [1.29, 1.82) is 0 Å². The first-order valence-corrected chi connectivity index (χ1v) is 17.2. The van der Waals surface area contributed by atoms with Gasteiger partial charge in [-0.25, -0.2) is 4.98 Å². The second kappa shape index (κ2) is 13.8. The van der Waals surface area contributed by atoms with E-state index in [1.54, 1.807) is 0 Å². The van der Waals surface area contributed by atoms with Crippen molar-refractivity contribution >= 4 is 39.4 Å². The molecule has 48 heavy (non-hydrogen) atoms. The number of aryl methyl sites for hydroxylation is 2. The molecule has 0 aliphatic carbocycles. The third-order valence-corrected chi connectivity index (χ3v) is 10.4. The van der Waals surface area contributed by atoms with Gasteiger partial charge in [-0.15, -0.1) is 0 Å². The molecule has 2 aliphatic rings. The molecule has 7 nitrogen and oxygen atoms in total. The summed E-state index contributed by atoms with van der Waals surface area (Å²) < 4.78 is 7.97. The molecule has 1 N–H and O–H groups in total. The Morgan fingerprint density at radius 1 is 0.958 bits per heavy atom. The second-order valence-corrected chi connectivity index (χ2v) is 13.3. The van der Waals surface area contributed by atoms with Crippen molar-refractivity contribution in [1.82, 2.24) is 14.5 Å². The summed E-state index contributed by atoms with van der Waals surface area (Å²) in [5, 5.41) is 11.5. The molecule has 1 saturated heterocycles. The van der Waals surface area contributed by atoms with Crippen molar-refractivity contribution < 1.29 is 19.4 Å². The minimum absolute atomic E-state index is 0.0837. The number of aliphatic carboxylic acids is 1. The number of carbonyl (C=O) groups excluding carboxylic acids is 1. The Morgan fingerprint density at radius 2 is 1.69 bits per heavy atom. The molecule has 5 aromatic rings. The number of carboxylic acids is 1. The van der Waals surface area contributed by atoms with E-state index < -0.39 is 5.97 Å². The maximum atomic E-state index is 14.3. The molecule has 1 amide bonds. The van der Waals surface area contributed by atoms with Gasteiger partial charge >= 0.3 is 5.97 Å². The number of fused-ring (bicyclic) bond motifs is 3.